The highest BCUT2D eigenvalue weighted by Gasteiger charge is 2.47. The topological polar surface area (TPSA) is 231 Å². The normalized spacial score (nSPS) is 26.1. The van der Waals surface area contributed by atoms with Gasteiger partial charge in [0.05, 0.1) is 19.8 Å². The van der Waals surface area contributed by atoms with Crippen LogP contribution in [0, 0.1) is 0 Å². The van der Waals surface area contributed by atoms with Crippen LogP contribution in [0.2, 0.25) is 0 Å². The van der Waals surface area contributed by atoms with Crippen molar-refractivity contribution in [3.05, 3.63) is 0 Å². The molecule has 4 unspecified atom stereocenters. The largest absolute Gasteiger partial charge is 0.462 e. The molecule has 2 aliphatic heterocycles. The van der Waals surface area contributed by atoms with Crippen LogP contribution < -0.4 is 0 Å². The third-order valence-corrected chi connectivity index (χ3v) is 13.1. The Hall–Kier alpha value is -1.50. The quantitative estimate of drug-likeness (QED) is 0.0231. The van der Waals surface area contributed by atoms with E-state index in [0.29, 0.717) is 12.8 Å². The van der Waals surface area contributed by atoms with Crippen molar-refractivity contribution >= 4 is 11.9 Å². The molecule has 0 aliphatic carbocycles. The molecule has 15 heteroatoms. The molecular formula is C51H96O15. The first kappa shape index (κ1) is 60.6. The summed E-state index contributed by atoms with van der Waals surface area (Å²) >= 11 is 0. The Morgan fingerprint density at radius 2 is 0.773 bits per heavy atom. The van der Waals surface area contributed by atoms with E-state index in [9.17, 15) is 45.3 Å². The van der Waals surface area contributed by atoms with E-state index in [0.717, 1.165) is 38.5 Å². The number of ether oxygens (including phenoxy) is 6. The predicted octanol–water partition coefficient (Wildman–Crippen LogP) is 7.61. The fraction of sp³-hybridized carbons (Fsp3) is 0.961. The van der Waals surface area contributed by atoms with E-state index in [1.165, 1.54) is 141 Å². The van der Waals surface area contributed by atoms with Gasteiger partial charge in [-0.05, 0) is 12.8 Å². The van der Waals surface area contributed by atoms with E-state index < -0.39 is 92.7 Å². The van der Waals surface area contributed by atoms with E-state index in [4.69, 9.17) is 28.4 Å². The molecule has 390 valence electrons. The van der Waals surface area contributed by atoms with Gasteiger partial charge in [-0.3, -0.25) is 9.59 Å². The molecule has 11 atom stereocenters. The number of aliphatic hydroxyl groups excluding tert-OH is 7. The first-order chi connectivity index (χ1) is 32.0. The zero-order chi connectivity index (χ0) is 48.2. The standard InChI is InChI=1S/C51H96O15/c1-3-5-7-9-11-13-15-16-17-18-19-20-21-22-24-25-27-29-31-33-42(53)61-36-39(64-43(54)34-32-30-28-26-23-14-12-10-8-6-4-2)37-62-50-49(60)47(58)45(56)41(66-50)38-63-51-48(59)46(57)44(55)40(35-52)65-51/h39-41,44-52,55-60H,3-38H2,1-2H3/t39-,40+,41+,44-,45-,46?,47?,48?,49?,50+,51+/m0/s1. The molecule has 2 rings (SSSR count). The summed E-state index contributed by atoms with van der Waals surface area (Å²) < 4.78 is 33.6. The minimum Gasteiger partial charge on any atom is -0.462 e. The number of unbranched alkanes of at least 4 members (excludes halogenated alkanes) is 28. The van der Waals surface area contributed by atoms with E-state index in [1.807, 2.05) is 0 Å². The number of carbonyl (C=O) groups is 2. The lowest BCUT2D eigenvalue weighted by Gasteiger charge is -2.42. The number of carbonyl (C=O) groups excluding carboxylic acids is 2. The number of hydrogen-bond acceptors (Lipinski definition) is 15. The lowest BCUT2D eigenvalue weighted by molar-refractivity contribution is -0.332. The fourth-order valence-electron chi connectivity index (χ4n) is 8.69. The van der Waals surface area contributed by atoms with Crippen molar-refractivity contribution in [1.29, 1.82) is 0 Å². The van der Waals surface area contributed by atoms with Crippen LogP contribution in [0.5, 0.6) is 0 Å². The summed E-state index contributed by atoms with van der Waals surface area (Å²) in [5.41, 5.74) is 0. The predicted molar refractivity (Wildman–Crippen MR) is 252 cm³/mol. The average molecular weight is 949 g/mol. The first-order valence-corrected chi connectivity index (χ1v) is 26.6. The minimum absolute atomic E-state index is 0.172. The summed E-state index contributed by atoms with van der Waals surface area (Å²) in [5, 5.41) is 72.0. The monoisotopic (exact) mass is 949 g/mol. The molecule has 0 spiro atoms. The lowest BCUT2D eigenvalue weighted by atomic mass is 9.98. The molecule has 0 radical (unpaired) electrons. The van der Waals surface area contributed by atoms with Crippen molar-refractivity contribution in [3.8, 4) is 0 Å². The molecule has 0 aromatic carbocycles. The van der Waals surface area contributed by atoms with Gasteiger partial charge in [-0.25, -0.2) is 0 Å². The molecule has 66 heavy (non-hydrogen) atoms. The van der Waals surface area contributed by atoms with Gasteiger partial charge >= 0.3 is 11.9 Å². The van der Waals surface area contributed by atoms with Gasteiger partial charge in [0.15, 0.2) is 18.7 Å². The number of hydrogen-bond donors (Lipinski definition) is 7. The second-order valence-electron chi connectivity index (χ2n) is 19.1. The average Bonchev–Trinajstić information content (AvgIpc) is 3.31. The molecule has 0 aromatic heterocycles. The van der Waals surface area contributed by atoms with Gasteiger partial charge < -0.3 is 64.2 Å². The Morgan fingerprint density at radius 3 is 1.18 bits per heavy atom. The second kappa shape index (κ2) is 39.2. The van der Waals surface area contributed by atoms with Gasteiger partial charge in [0, 0.05) is 12.8 Å². The zero-order valence-electron chi connectivity index (χ0n) is 41.2. The van der Waals surface area contributed by atoms with Crippen molar-refractivity contribution < 1.29 is 73.8 Å². The summed E-state index contributed by atoms with van der Waals surface area (Å²) in [6.45, 7) is 2.62. The van der Waals surface area contributed by atoms with E-state index in [1.54, 1.807) is 0 Å². The highest BCUT2D eigenvalue weighted by atomic mass is 16.7. The third kappa shape index (κ3) is 27.0. The smallest absolute Gasteiger partial charge is 0.306 e. The number of aliphatic hydroxyl groups is 7. The van der Waals surface area contributed by atoms with Gasteiger partial charge in [0.2, 0.25) is 0 Å². The Morgan fingerprint density at radius 1 is 0.424 bits per heavy atom. The van der Waals surface area contributed by atoms with Crippen LogP contribution in [0.3, 0.4) is 0 Å². The summed E-state index contributed by atoms with van der Waals surface area (Å²) in [6, 6.07) is 0. The van der Waals surface area contributed by atoms with Gasteiger partial charge in [0.25, 0.3) is 0 Å². The van der Waals surface area contributed by atoms with Crippen LogP contribution in [-0.4, -0.2) is 142 Å². The minimum atomic E-state index is -1.76. The Balaban J connectivity index is 1.76. The van der Waals surface area contributed by atoms with Gasteiger partial charge in [-0.1, -0.05) is 194 Å². The summed E-state index contributed by atoms with van der Waals surface area (Å²) in [6.07, 6.45) is 20.0. The van der Waals surface area contributed by atoms with Crippen molar-refractivity contribution in [2.75, 3.05) is 26.4 Å². The van der Waals surface area contributed by atoms with Gasteiger partial charge in [0.1, 0.15) is 55.4 Å². The molecule has 15 nitrogen and oxygen atoms in total. The summed E-state index contributed by atoms with van der Waals surface area (Å²) in [5.74, 6) is -0.910. The molecule has 2 fully saturated rings. The zero-order valence-corrected chi connectivity index (χ0v) is 41.2. The molecule has 0 bridgehead atoms. The maximum atomic E-state index is 13.0. The van der Waals surface area contributed by atoms with Crippen LogP contribution in [0.4, 0.5) is 0 Å². The first-order valence-electron chi connectivity index (χ1n) is 26.6. The molecule has 2 saturated heterocycles. The molecule has 7 N–H and O–H groups in total. The molecule has 2 heterocycles. The van der Waals surface area contributed by atoms with Crippen LogP contribution in [-0.2, 0) is 38.0 Å². The summed E-state index contributed by atoms with van der Waals surface area (Å²) in [4.78, 5) is 25.7. The molecule has 0 aromatic rings. The van der Waals surface area contributed by atoms with Crippen molar-refractivity contribution in [3.63, 3.8) is 0 Å². The second-order valence-corrected chi connectivity index (χ2v) is 19.1. The van der Waals surface area contributed by atoms with Crippen LogP contribution in [0.15, 0.2) is 0 Å². The number of esters is 2. The van der Waals surface area contributed by atoms with E-state index >= 15 is 0 Å². The van der Waals surface area contributed by atoms with Crippen LogP contribution in [0.1, 0.15) is 219 Å². The Kier molecular flexibility index (Phi) is 36.0. The Bertz CT molecular complexity index is 1160. The maximum Gasteiger partial charge on any atom is 0.306 e. The van der Waals surface area contributed by atoms with E-state index in [2.05, 4.69) is 13.8 Å². The molecule has 0 saturated carbocycles. The molecule has 2 aliphatic rings. The fourth-order valence-corrected chi connectivity index (χ4v) is 8.69. The highest BCUT2D eigenvalue weighted by Crippen LogP contribution is 2.27. The van der Waals surface area contributed by atoms with Crippen molar-refractivity contribution in [1.82, 2.24) is 0 Å². The van der Waals surface area contributed by atoms with Crippen molar-refractivity contribution in [2.45, 2.75) is 287 Å². The van der Waals surface area contributed by atoms with E-state index in [-0.39, 0.29) is 26.1 Å². The molecular weight excluding hydrogens is 853 g/mol. The van der Waals surface area contributed by atoms with Gasteiger partial charge in [-0.15, -0.1) is 0 Å². The van der Waals surface area contributed by atoms with Crippen LogP contribution >= 0.6 is 0 Å². The molecule has 0 amide bonds. The van der Waals surface area contributed by atoms with Crippen LogP contribution in [0.25, 0.3) is 0 Å². The highest BCUT2D eigenvalue weighted by molar-refractivity contribution is 5.70. The number of rotatable bonds is 42. The van der Waals surface area contributed by atoms with Crippen molar-refractivity contribution in [2.24, 2.45) is 0 Å². The summed E-state index contributed by atoms with van der Waals surface area (Å²) in [7, 11) is 0. The lowest BCUT2D eigenvalue weighted by Crippen LogP contribution is -2.61. The SMILES string of the molecule is CCCCCCCCCCCCCCCCCCCCCC(=O)OC[C@@H](CO[C@@H]1O[C@H](CO[C@@H]2O[C@H](CO)[C@H](O)C(O)C2O)[C@H](O)C(O)C1O)OC(=O)CCCCCCCCCCCCC. The maximum absolute atomic E-state index is 13.0. The van der Waals surface area contributed by atoms with Gasteiger partial charge in [-0.2, -0.15) is 0 Å². The third-order valence-electron chi connectivity index (χ3n) is 13.1. The Labute approximate surface area is 398 Å².